The van der Waals surface area contributed by atoms with Gasteiger partial charge in [0.05, 0.1) is 0 Å². The number of benzene rings is 1. The highest BCUT2D eigenvalue weighted by molar-refractivity contribution is 9.10. The standard InChI is InChI=1S/C12H17BrN2/c1-15-7-6-14-8-11(9-15)10-2-4-12(13)5-3-10/h2-5,11,14H,6-9H2,1H3. The molecule has 82 valence electrons. The Kier molecular flexibility index (Phi) is 3.78. The molecular formula is C12H17BrN2. The molecule has 1 fully saturated rings. The van der Waals surface area contributed by atoms with Crippen molar-refractivity contribution in [1.29, 1.82) is 0 Å². The van der Waals surface area contributed by atoms with E-state index in [2.05, 4.69) is 57.5 Å². The van der Waals surface area contributed by atoms with E-state index in [1.165, 1.54) is 5.56 Å². The van der Waals surface area contributed by atoms with Gasteiger partial charge in [-0.3, -0.25) is 0 Å². The van der Waals surface area contributed by atoms with Crippen molar-refractivity contribution in [2.45, 2.75) is 5.92 Å². The fourth-order valence-electron chi connectivity index (χ4n) is 2.04. The summed E-state index contributed by atoms with van der Waals surface area (Å²) in [4.78, 5) is 2.40. The summed E-state index contributed by atoms with van der Waals surface area (Å²) >= 11 is 3.47. The van der Waals surface area contributed by atoms with E-state index < -0.39 is 0 Å². The second kappa shape index (κ2) is 5.10. The molecular weight excluding hydrogens is 252 g/mol. The summed E-state index contributed by atoms with van der Waals surface area (Å²) in [5.74, 6) is 0.616. The highest BCUT2D eigenvalue weighted by Crippen LogP contribution is 2.20. The molecule has 2 nitrogen and oxygen atoms in total. The van der Waals surface area contributed by atoms with Gasteiger partial charge in [-0.15, -0.1) is 0 Å². The van der Waals surface area contributed by atoms with Crippen LogP contribution < -0.4 is 5.32 Å². The molecule has 1 saturated heterocycles. The second-order valence-corrected chi connectivity index (χ2v) is 5.13. The van der Waals surface area contributed by atoms with E-state index in [9.17, 15) is 0 Å². The first-order chi connectivity index (χ1) is 7.25. The van der Waals surface area contributed by atoms with Gasteiger partial charge < -0.3 is 10.2 Å². The van der Waals surface area contributed by atoms with Gasteiger partial charge in [-0.25, -0.2) is 0 Å². The molecule has 15 heavy (non-hydrogen) atoms. The van der Waals surface area contributed by atoms with Gasteiger partial charge in [0.1, 0.15) is 0 Å². The van der Waals surface area contributed by atoms with Gasteiger partial charge >= 0.3 is 0 Å². The van der Waals surface area contributed by atoms with E-state index in [-0.39, 0.29) is 0 Å². The average Bonchev–Trinajstić information content (AvgIpc) is 2.44. The van der Waals surface area contributed by atoms with Crippen molar-refractivity contribution in [1.82, 2.24) is 10.2 Å². The normalized spacial score (nSPS) is 23.7. The fourth-order valence-corrected chi connectivity index (χ4v) is 2.30. The molecule has 3 heteroatoms. The zero-order valence-corrected chi connectivity index (χ0v) is 10.6. The van der Waals surface area contributed by atoms with Crippen LogP contribution >= 0.6 is 15.9 Å². The van der Waals surface area contributed by atoms with Gasteiger partial charge in [-0.05, 0) is 24.7 Å². The van der Waals surface area contributed by atoms with Crippen molar-refractivity contribution in [2.24, 2.45) is 0 Å². The summed E-state index contributed by atoms with van der Waals surface area (Å²) < 4.78 is 1.15. The lowest BCUT2D eigenvalue weighted by Gasteiger charge is -2.19. The smallest absolute Gasteiger partial charge is 0.0175 e. The van der Waals surface area contributed by atoms with Crippen LogP contribution in [-0.4, -0.2) is 38.1 Å². The van der Waals surface area contributed by atoms with Crippen LogP contribution in [0.2, 0.25) is 0 Å². The molecule has 0 aliphatic carbocycles. The van der Waals surface area contributed by atoms with E-state index in [0.29, 0.717) is 5.92 Å². The van der Waals surface area contributed by atoms with E-state index in [1.54, 1.807) is 0 Å². The maximum atomic E-state index is 3.49. The van der Waals surface area contributed by atoms with Gasteiger partial charge in [-0.1, -0.05) is 28.1 Å². The minimum Gasteiger partial charge on any atom is -0.315 e. The van der Waals surface area contributed by atoms with Crippen LogP contribution in [0.4, 0.5) is 0 Å². The topological polar surface area (TPSA) is 15.3 Å². The van der Waals surface area contributed by atoms with E-state index >= 15 is 0 Å². The molecule has 0 spiro atoms. The molecule has 1 aliphatic heterocycles. The van der Waals surface area contributed by atoms with Crippen molar-refractivity contribution in [3.8, 4) is 0 Å². The third-order valence-corrected chi connectivity index (χ3v) is 3.46. The minimum absolute atomic E-state index is 0.616. The molecule has 1 aromatic carbocycles. The maximum Gasteiger partial charge on any atom is 0.0175 e. The minimum atomic E-state index is 0.616. The first-order valence-electron chi connectivity index (χ1n) is 5.40. The molecule has 0 bridgehead atoms. The average molecular weight is 269 g/mol. The second-order valence-electron chi connectivity index (χ2n) is 4.21. The predicted molar refractivity (Wildman–Crippen MR) is 67.2 cm³/mol. The SMILES string of the molecule is CN1CCNCC(c2ccc(Br)cc2)C1. The zero-order valence-electron chi connectivity index (χ0n) is 9.04. The lowest BCUT2D eigenvalue weighted by atomic mass is 9.99. The van der Waals surface area contributed by atoms with Gasteiger partial charge in [0.15, 0.2) is 0 Å². The summed E-state index contributed by atoms with van der Waals surface area (Å²) in [5.41, 5.74) is 1.43. The summed E-state index contributed by atoms with van der Waals surface area (Å²) in [7, 11) is 2.19. The van der Waals surface area contributed by atoms with Gasteiger partial charge in [-0.2, -0.15) is 0 Å². The Balaban J connectivity index is 2.11. The Morgan fingerprint density at radius 3 is 2.80 bits per heavy atom. The molecule has 0 radical (unpaired) electrons. The molecule has 1 aliphatic rings. The number of likely N-dealkylation sites (N-methyl/N-ethyl adjacent to an activating group) is 1. The van der Waals surface area contributed by atoms with Crippen LogP contribution in [0.25, 0.3) is 0 Å². The van der Waals surface area contributed by atoms with Crippen LogP contribution in [0.5, 0.6) is 0 Å². The Morgan fingerprint density at radius 1 is 1.33 bits per heavy atom. The molecule has 1 atom stereocenters. The third kappa shape index (κ3) is 3.03. The molecule has 0 amide bonds. The third-order valence-electron chi connectivity index (χ3n) is 2.93. The predicted octanol–water partition coefficient (Wildman–Crippen LogP) is 2.07. The van der Waals surface area contributed by atoms with E-state index in [0.717, 1.165) is 30.7 Å². The monoisotopic (exact) mass is 268 g/mol. The first-order valence-corrected chi connectivity index (χ1v) is 6.20. The number of halogens is 1. The molecule has 0 aromatic heterocycles. The Morgan fingerprint density at radius 2 is 2.07 bits per heavy atom. The van der Waals surface area contributed by atoms with Crippen LogP contribution in [0.3, 0.4) is 0 Å². The van der Waals surface area contributed by atoms with Crippen molar-refractivity contribution in [2.75, 3.05) is 33.2 Å². The first kappa shape index (κ1) is 11.1. The van der Waals surface area contributed by atoms with Crippen LogP contribution in [0.1, 0.15) is 11.5 Å². The number of nitrogens with one attached hydrogen (secondary N) is 1. The zero-order chi connectivity index (χ0) is 10.7. The Hall–Kier alpha value is -0.380. The summed E-state index contributed by atoms with van der Waals surface area (Å²) in [6.45, 7) is 4.48. The van der Waals surface area contributed by atoms with Gasteiger partial charge in [0.2, 0.25) is 0 Å². The van der Waals surface area contributed by atoms with Crippen LogP contribution in [0, 0.1) is 0 Å². The number of hydrogen-bond acceptors (Lipinski definition) is 2. The van der Waals surface area contributed by atoms with E-state index in [4.69, 9.17) is 0 Å². The lowest BCUT2D eigenvalue weighted by molar-refractivity contribution is 0.342. The fraction of sp³-hybridized carbons (Fsp3) is 0.500. The summed E-state index contributed by atoms with van der Waals surface area (Å²) in [6, 6.07) is 8.69. The number of rotatable bonds is 1. The van der Waals surface area contributed by atoms with Crippen LogP contribution in [-0.2, 0) is 0 Å². The molecule has 1 heterocycles. The quantitative estimate of drug-likeness (QED) is 0.839. The van der Waals surface area contributed by atoms with Crippen LogP contribution in [0.15, 0.2) is 28.7 Å². The number of nitrogens with zero attached hydrogens (tertiary/aromatic N) is 1. The molecule has 1 unspecified atom stereocenters. The summed E-state index contributed by atoms with van der Waals surface area (Å²) in [6.07, 6.45) is 0. The van der Waals surface area contributed by atoms with Gasteiger partial charge in [0, 0.05) is 36.6 Å². The van der Waals surface area contributed by atoms with E-state index in [1.807, 2.05) is 0 Å². The molecule has 0 saturated carbocycles. The highest BCUT2D eigenvalue weighted by Gasteiger charge is 2.16. The Bertz CT molecular complexity index is 310. The largest absolute Gasteiger partial charge is 0.315 e. The van der Waals surface area contributed by atoms with Crippen molar-refractivity contribution in [3.05, 3.63) is 34.3 Å². The number of hydrogen-bond donors (Lipinski definition) is 1. The highest BCUT2D eigenvalue weighted by atomic mass is 79.9. The van der Waals surface area contributed by atoms with Gasteiger partial charge in [0.25, 0.3) is 0 Å². The van der Waals surface area contributed by atoms with Crippen molar-refractivity contribution < 1.29 is 0 Å². The van der Waals surface area contributed by atoms with Crippen molar-refractivity contribution in [3.63, 3.8) is 0 Å². The Labute approximate surface area is 99.8 Å². The molecule has 1 aromatic rings. The molecule has 1 N–H and O–H groups in total. The summed E-state index contributed by atoms with van der Waals surface area (Å²) in [5, 5.41) is 3.49. The lowest BCUT2D eigenvalue weighted by Crippen LogP contribution is -2.24. The van der Waals surface area contributed by atoms with Crippen molar-refractivity contribution >= 4 is 15.9 Å². The molecule has 2 rings (SSSR count). The maximum absolute atomic E-state index is 3.49.